The molecule has 0 aliphatic rings. The van der Waals surface area contributed by atoms with E-state index in [1.165, 1.54) is 17.3 Å². The zero-order valence-electron chi connectivity index (χ0n) is 23.8. The number of nitrogens with zero attached hydrogens (tertiary/aromatic N) is 2. The molecule has 196 valence electrons. The van der Waals surface area contributed by atoms with E-state index in [-0.39, 0.29) is 16.6 Å². The van der Waals surface area contributed by atoms with Crippen LogP contribution in [0.1, 0.15) is 66.5 Å². The Morgan fingerprint density at radius 3 is 1.41 bits per heavy atom. The minimum Gasteiger partial charge on any atom is -0.506 e. The average Bonchev–Trinajstić information content (AvgIpc) is 2.90. The van der Waals surface area contributed by atoms with Gasteiger partial charge in [-0.2, -0.15) is 0 Å². The molecule has 4 heteroatoms. The summed E-state index contributed by atoms with van der Waals surface area (Å²) in [7, 11) is 1.67. The van der Waals surface area contributed by atoms with Crippen molar-refractivity contribution < 1.29 is 9.84 Å². The van der Waals surface area contributed by atoms with E-state index in [4.69, 9.17) is 4.74 Å². The fourth-order valence-corrected chi connectivity index (χ4v) is 3.71. The maximum absolute atomic E-state index is 9.73. The highest BCUT2D eigenvalue weighted by Crippen LogP contribution is 2.32. The molecule has 0 radical (unpaired) electrons. The van der Waals surface area contributed by atoms with Gasteiger partial charge in [-0.05, 0) is 45.2 Å². The van der Waals surface area contributed by atoms with Crippen molar-refractivity contribution in [1.82, 2.24) is 9.97 Å². The molecule has 4 nitrogen and oxygen atoms in total. The summed E-state index contributed by atoms with van der Waals surface area (Å²) in [6.45, 7) is 17.2. The molecule has 37 heavy (non-hydrogen) atoms. The topological polar surface area (TPSA) is 55.2 Å². The number of rotatable bonds is 3. The molecule has 1 N–H and O–H groups in total. The van der Waals surface area contributed by atoms with E-state index in [0.717, 1.165) is 28.0 Å². The van der Waals surface area contributed by atoms with Gasteiger partial charge in [0.05, 0.1) is 19.5 Å². The van der Waals surface area contributed by atoms with Crippen molar-refractivity contribution >= 4 is 0 Å². The SMILES string of the molecule is CC.CC(C)(C)c1ccc(-c2ccncc2O)cc1.COc1cnccc1-c1ccc(C(C)(C)C)cc1. The molecule has 2 aromatic carbocycles. The summed E-state index contributed by atoms with van der Waals surface area (Å²) in [5.41, 5.74) is 7.02. The summed E-state index contributed by atoms with van der Waals surface area (Å²) in [6, 6.07) is 20.7. The van der Waals surface area contributed by atoms with Crippen LogP contribution in [0.5, 0.6) is 11.5 Å². The van der Waals surface area contributed by atoms with Crippen molar-refractivity contribution in [2.75, 3.05) is 7.11 Å². The lowest BCUT2D eigenvalue weighted by Gasteiger charge is -2.19. The molecule has 0 saturated heterocycles. The Labute approximate surface area is 223 Å². The van der Waals surface area contributed by atoms with Crippen LogP contribution < -0.4 is 4.74 Å². The number of aromatic nitrogens is 2. The van der Waals surface area contributed by atoms with Gasteiger partial charge in [-0.1, -0.05) is 104 Å². The first-order chi connectivity index (χ1) is 17.5. The highest BCUT2D eigenvalue weighted by Gasteiger charge is 2.14. The van der Waals surface area contributed by atoms with E-state index in [0.29, 0.717) is 0 Å². The summed E-state index contributed by atoms with van der Waals surface area (Å²) in [6.07, 6.45) is 6.68. The lowest BCUT2D eigenvalue weighted by Crippen LogP contribution is -2.10. The summed E-state index contributed by atoms with van der Waals surface area (Å²) >= 11 is 0. The largest absolute Gasteiger partial charge is 0.506 e. The van der Waals surface area contributed by atoms with Gasteiger partial charge in [0.25, 0.3) is 0 Å². The smallest absolute Gasteiger partial charge is 0.144 e. The van der Waals surface area contributed by atoms with Gasteiger partial charge in [0.1, 0.15) is 11.5 Å². The second-order valence-corrected chi connectivity index (χ2v) is 10.6. The van der Waals surface area contributed by atoms with E-state index in [1.807, 2.05) is 38.1 Å². The minimum absolute atomic E-state index is 0.152. The Kier molecular flexibility index (Phi) is 10.4. The van der Waals surface area contributed by atoms with Crippen LogP contribution in [-0.2, 0) is 10.8 Å². The number of hydrogen-bond donors (Lipinski definition) is 1. The second-order valence-electron chi connectivity index (χ2n) is 10.6. The van der Waals surface area contributed by atoms with Gasteiger partial charge in [-0.25, -0.2) is 0 Å². The van der Waals surface area contributed by atoms with Crippen LogP contribution in [0.25, 0.3) is 22.3 Å². The molecule has 0 bridgehead atoms. The Hall–Kier alpha value is -3.66. The van der Waals surface area contributed by atoms with Crippen LogP contribution in [0.3, 0.4) is 0 Å². The molecule has 0 atom stereocenters. The minimum atomic E-state index is 0.152. The Bertz CT molecular complexity index is 1230. The predicted molar refractivity (Wildman–Crippen MR) is 156 cm³/mol. The van der Waals surface area contributed by atoms with E-state index in [1.54, 1.807) is 25.7 Å². The summed E-state index contributed by atoms with van der Waals surface area (Å²) in [4.78, 5) is 7.95. The standard InChI is InChI=1S/C16H19NO.C15H17NO.C2H6/c1-16(2,3)13-7-5-12(6-8-13)14-9-10-17-11-15(14)18-4;1-15(2,3)12-6-4-11(5-7-12)13-8-9-16-10-14(13)17;1-2/h5-11H,1-4H3;4-10,17H,1-3H3;1-2H3. The van der Waals surface area contributed by atoms with Crippen molar-refractivity contribution in [3.8, 4) is 33.8 Å². The zero-order chi connectivity index (χ0) is 27.6. The van der Waals surface area contributed by atoms with Crippen molar-refractivity contribution in [3.05, 3.63) is 96.6 Å². The van der Waals surface area contributed by atoms with Crippen molar-refractivity contribution in [1.29, 1.82) is 0 Å². The maximum atomic E-state index is 9.73. The van der Waals surface area contributed by atoms with Gasteiger partial charge >= 0.3 is 0 Å². The Balaban J connectivity index is 0.000000244. The molecule has 0 fully saturated rings. The van der Waals surface area contributed by atoms with Crippen molar-refractivity contribution in [3.63, 3.8) is 0 Å². The highest BCUT2D eigenvalue weighted by atomic mass is 16.5. The molecule has 2 aromatic heterocycles. The number of methoxy groups -OCH3 is 1. The third kappa shape index (κ3) is 8.18. The third-order valence-electron chi connectivity index (χ3n) is 5.93. The first-order valence-electron chi connectivity index (χ1n) is 12.8. The van der Waals surface area contributed by atoms with Crippen LogP contribution in [0.2, 0.25) is 0 Å². The van der Waals surface area contributed by atoms with Crippen molar-refractivity contribution in [2.45, 2.75) is 66.2 Å². The predicted octanol–water partition coefficient (Wildman–Crippen LogP) is 8.83. The normalized spacial score (nSPS) is 10.9. The molecule has 0 aliphatic heterocycles. The number of ether oxygens (including phenoxy) is 1. The fourth-order valence-electron chi connectivity index (χ4n) is 3.71. The van der Waals surface area contributed by atoms with Crippen molar-refractivity contribution in [2.24, 2.45) is 0 Å². The lowest BCUT2D eigenvalue weighted by atomic mass is 9.86. The van der Waals surface area contributed by atoms with E-state index in [2.05, 4.69) is 87.9 Å². The van der Waals surface area contributed by atoms with Gasteiger partial charge in [0.15, 0.2) is 0 Å². The first kappa shape index (κ1) is 29.6. The number of pyridine rings is 2. The van der Waals surface area contributed by atoms with Crippen LogP contribution in [0.15, 0.2) is 85.5 Å². The van der Waals surface area contributed by atoms with Crippen LogP contribution >= 0.6 is 0 Å². The van der Waals surface area contributed by atoms with Gasteiger partial charge in [-0.3, -0.25) is 9.97 Å². The monoisotopic (exact) mass is 498 g/mol. The molecule has 4 rings (SSSR count). The molecular formula is C33H42N2O2. The second kappa shape index (κ2) is 13.0. The summed E-state index contributed by atoms with van der Waals surface area (Å²) in [5.74, 6) is 1.03. The third-order valence-corrected chi connectivity index (χ3v) is 5.93. The number of hydrogen-bond acceptors (Lipinski definition) is 4. The fraction of sp³-hybridized carbons (Fsp3) is 0.333. The molecule has 0 spiro atoms. The van der Waals surface area contributed by atoms with Crippen LogP contribution in [-0.4, -0.2) is 22.2 Å². The van der Waals surface area contributed by atoms with E-state index < -0.39 is 0 Å². The number of aromatic hydroxyl groups is 1. The maximum Gasteiger partial charge on any atom is 0.144 e. The molecule has 0 unspecified atom stereocenters. The molecule has 2 heterocycles. The van der Waals surface area contributed by atoms with Gasteiger partial charge in [0, 0.05) is 23.5 Å². The quantitative estimate of drug-likeness (QED) is 0.306. The van der Waals surface area contributed by atoms with Crippen LogP contribution in [0, 0.1) is 0 Å². The number of benzene rings is 2. The molecular weight excluding hydrogens is 456 g/mol. The van der Waals surface area contributed by atoms with Crippen LogP contribution in [0.4, 0.5) is 0 Å². The first-order valence-corrected chi connectivity index (χ1v) is 12.8. The Morgan fingerprint density at radius 1 is 0.595 bits per heavy atom. The van der Waals surface area contributed by atoms with E-state index in [9.17, 15) is 5.11 Å². The van der Waals surface area contributed by atoms with Gasteiger partial charge in [0.2, 0.25) is 0 Å². The Morgan fingerprint density at radius 2 is 1.00 bits per heavy atom. The average molecular weight is 499 g/mol. The van der Waals surface area contributed by atoms with E-state index >= 15 is 0 Å². The molecule has 0 amide bonds. The van der Waals surface area contributed by atoms with Gasteiger partial charge < -0.3 is 9.84 Å². The summed E-state index contributed by atoms with van der Waals surface area (Å²) < 4.78 is 5.33. The zero-order valence-corrected chi connectivity index (χ0v) is 23.8. The summed E-state index contributed by atoms with van der Waals surface area (Å²) in [5, 5.41) is 9.73. The highest BCUT2D eigenvalue weighted by molar-refractivity contribution is 5.70. The van der Waals surface area contributed by atoms with Gasteiger partial charge in [-0.15, -0.1) is 0 Å². The molecule has 0 aliphatic carbocycles. The lowest BCUT2D eigenvalue weighted by molar-refractivity contribution is 0.414. The molecule has 0 saturated carbocycles. The molecule has 4 aromatic rings.